The summed E-state index contributed by atoms with van der Waals surface area (Å²) in [5, 5.41) is 2.70. The molecule has 0 unspecified atom stereocenters. The van der Waals surface area contributed by atoms with Crippen LogP contribution >= 0.6 is 0 Å². The van der Waals surface area contributed by atoms with Crippen molar-refractivity contribution in [2.75, 3.05) is 34.0 Å². The fraction of sp³-hybridized carbons (Fsp3) is 0.467. The van der Waals surface area contributed by atoms with Gasteiger partial charge >= 0.3 is 0 Å². The largest absolute Gasteiger partial charge is 0.497 e. The zero-order valence-electron chi connectivity index (χ0n) is 12.6. The number of carbonyl (C=O) groups excluding carboxylic acids is 2. The van der Waals surface area contributed by atoms with Crippen LogP contribution in [-0.4, -0.2) is 45.7 Å². The van der Waals surface area contributed by atoms with Gasteiger partial charge in [-0.1, -0.05) is 0 Å². The van der Waals surface area contributed by atoms with E-state index in [0.717, 1.165) is 6.42 Å². The summed E-state index contributed by atoms with van der Waals surface area (Å²) < 4.78 is 15.4. The van der Waals surface area contributed by atoms with E-state index in [0.29, 0.717) is 30.2 Å². The summed E-state index contributed by atoms with van der Waals surface area (Å²) >= 11 is 0. The molecule has 0 heterocycles. The minimum absolute atomic E-state index is 0.131. The summed E-state index contributed by atoms with van der Waals surface area (Å²) in [5.41, 5.74) is 0.419. The number of amides is 1. The van der Waals surface area contributed by atoms with Crippen LogP contribution in [0.4, 0.5) is 0 Å². The molecule has 0 bridgehead atoms. The highest BCUT2D eigenvalue weighted by Crippen LogP contribution is 2.25. The molecule has 0 saturated heterocycles. The van der Waals surface area contributed by atoms with Gasteiger partial charge in [-0.05, 0) is 25.5 Å². The van der Waals surface area contributed by atoms with Crippen molar-refractivity contribution in [3.8, 4) is 11.5 Å². The Labute approximate surface area is 124 Å². The number of Topliss-reactive ketones (excluding diaryl/α,β-unsaturated/α-hetero) is 1. The van der Waals surface area contributed by atoms with Crippen LogP contribution in [0.1, 0.15) is 23.7 Å². The highest BCUT2D eigenvalue weighted by molar-refractivity contribution is 5.97. The van der Waals surface area contributed by atoms with E-state index in [1.165, 1.54) is 14.0 Å². The van der Waals surface area contributed by atoms with Crippen LogP contribution < -0.4 is 14.8 Å². The summed E-state index contributed by atoms with van der Waals surface area (Å²) in [5.74, 6) is 0.529. The van der Waals surface area contributed by atoms with E-state index in [1.54, 1.807) is 25.3 Å². The molecule has 1 aromatic carbocycles. The van der Waals surface area contributed by atoms with Gasteiger partial charge in [0.05, 0.1) is 12.7 Å². The van der Waals surface area contributed by atoms with E-state index in [4.69, 9.17) is 14.2 Å². The maximum Gasteiger partial charge on any atom is 0.257 e. The monoisotopic (exact) mass is 295 g/mol. The molecular formula is C15H21NO5. The first-order valence-electron chi connectivity index (χ1n) is 6.66. The predicted octanol–water partition coefficient (Wildman–Crippen LogP) is 1.43. The van der Waals surface area contributed by atoms with Gasteiger partial charge in [0, 0.05) is 26.3 Å². The maximum absolute atomic E-state index is 11.6. The average Bonchev–Trinajstić information content (AvgIpc) is 2.49. The molecular weight excluding hydrogens is 274 g/mol. The summed E-state index contributed by atoms with van der Waals surface area (Å²) in [6.45, 7) is 2.40. The Bertz CT molecular complexity index is 487. The van der Waals surface area contributed by atoms with Crippen molar-refractivity contribution < 1.29 is 23.8 Å². The van der Waals surface area contributed by atoms with E-state index in [2.05, 4.69) is 5.32 Å². The molecule has 1 aromatic rings. The second-order valence-electron chi connectivity index (χ2n) is 4.40. The normalized spacial score (nSPS) is 10.0. The lowest BCUT2D eigenvalue weighted by Gasteiger charge is -2.11. The summed E-state index contributed by atoms with van der Waals surface area (Å²) in [6, 6.07) is 4.89. The molecule has 0 fully saturated rings. The van der Waals surface area contributed by atoms with Crippen LogP contribution in [0.25, 0.3) is 0 Å². The first kappa shape index (κ1) is 17.0. The zero-order valence-corrected chi connectivity index (χ0v) is 12.6. The number of rotatable bonds is 9. The van der Waals surface area contributed by atoms with Gasteiger partial charge in [-0.15, -0.1) is 0 Å². The molecule has 1 amide bonds. The Morgan fingerprint density at radius 1 is 1.24 bits per heavy atom. The molecule has 0 aliphatic rings. The second kappa shape index (κ2) is 8.97. The van der Waals surface area contributed by atoms with Crippen LogP contribution in [0.15, 0.2) is 18.2 Å². The molecule has 1 N–H and O–H groups in total. The summed E-state index contributed by atoms with van der Waals surface area (Å²) in [6.07, 6.45) is 0.736. The van der Waals surface area contributed by atoms with Gasteiger partial charge in [0.15, 0.2) is 12.4 Å². The van der Waals surface area contributed by atoms with Gasteiger partial charge in [-0.25, -0.2) is 0 Å². The summed E-state index contributed by atoms with van der Waals surface area (Å²) in [4.78, 5) is 23.1. The first-order valence-corrected chi connectivity index (χ1v) is 6.66. The highest BCUT2D eigenvalue weighted by atomic mass is 16.5. The van der Waals surface area contributed by atoms with Gasteiger partial charge in [-0.2, -0.15) is 0 Å². The van der Waals surface area contributed by atoms with Crippen LogP contribution in [0.3, 0.4) is 0 Å². The molecule has 0 aliphatic carbocycles. The Kier molecular flexibility index (Phi) is 7.25. The Hall–Kier alpha value is -2.08. The van der Waals surface area contributed by atoms with Crippen LogP contribution in [0.2, 0.25) is 0 Å². The van der Waals surface area contributed by atoms with E-state index in [9.17, 15) is 9.59 Å². The third kappa shape index (κ3) is 5.83. The van der Waals surface area contributed by atoms with Gasteiger partial charge in [-0.3, -0.25) is 9.59 Å². The fourth-order valence-corrected chi connectivity index (χ4v) is 1.68. The van der Waals surface area contributed by atoms with Crippen molar-refractivity contribution in [3.63, 3.8) is 0 Å². The van der Waals surface area contributed by atoms with Crippen molar-refractivity contribution in [1.29, 1.82) is 0 Å². The Morgan fingerprint density at radius 3 is 2.62 bits per heavy atom. The van der Waals surface area contributed by atoms with Gasteiger partial charge in [0.25, 0.3) is 5.91 Å². The second-order valence-corrected chi connectivity index (χ2v) is 4.40. The topological polar surface area (TPSA) is 73.9 Å². The average molecular weight is 295 g/mol. The molecule has 0 spiro atoms. The number of benzene rings is 1. The van der Waals surface area contributed by atoms with Crippen molar-refractivity contribution in [2.24, 2.45) is 0 Å². The standard InChI is InChI=1S/C15H21NO5/c1-11(17)13-6-5-12(20-3)9-14(13)21-10-15(18)16-7-4-8-19-2/h5-6,9H,4,7-8,10H2,1-3H3,(H,16,18). The number of nitrogens with one attached hydrogen (secondary N) is 1. The number of ether oxygens (including phenoxy) is 3. The molecule has 0 radical (unpaired) electrons. The molecule has 0 aromatic heterocycles. The molecule has 6 heteroatoms. The van der Waals surface area contributed by atoms with E-state index >= 15 is 0 Å². The van der Waals surface area contributed by atoms with Crippen LogP contribution in [0.5, 0.6) is 11.5 Å². The lowest BCUT2D eigenvalue weighted by atomic mass is 10.1. The van der Waals surface area contributed by atoms with Crippen molar-refractivity contribution >= 4 is 11.7 Å². The van der Waals surface area contributed by atoms with Crippen LogP contribution in [-0.2, 0) is 9.53 Å². The maximum atomic E-state index is 11.6. The van der Waals surface area contributed by atoms with Gasteiger partial charge < -0.3 is 19.5 Å². The fourth-order valence-electron chi connectivity index (χ4n) is 1.68. The minimum Gasteiger partial charge on any atom is -0.497 e. The number of ketones is 1. The lowest BCUT2D eigenvalue weighted by molar-refractivity contribution is -0.123. The van der Waals surface area contributed by atoms with E-state index in [-0.39, 0.29) is 18.3 Å². The van der Waals surface area contributed by atoms with Crippen molar-refractivity contribution in [3.05, 3.63) is 23.8 Å². The minimum atomic E-state index is -0.247. The zero-order chi connectivity index (χ0) is 15.7. The SMILES string of the molecule is COCCCNC(=O)COc1cc(OC)ccc1C(C)=O. The quantitative estimate of drug-likeness (QED) is 0.551. The van der Waals surface area contributed by atoms with Crippen LogP contribution in [0, 0.1) is 0 Å². The first-order chi connectivity index (χ1) is 10.1. The third-order valence-electron chi connectivity index (χ3n) is 2.77. The molecule has 6 nitrogen and oxygen atoms in total. The summed E-state index contributed by atoms with van der Waals surface area (Å²) in [7, 11) is 3.13. The number of hydrogen-bond acceptors (Lipinski definition) is 5. The molecule has 116 valence electrons. The van der Waals surface area contributed by atoms with Gasteiger partial charge in [0.1, 0.15) is 11.5 Å². The number of carbonyl (C=O) groups is 2. The number of hydrogen-bond donors (Lipinski definition) is 1. The highest BCUT2D eigenvalue weighted by Gasteiger charge is 2.11. The Balaban J connectivity index is 2.57. The smallest absolute Gasteiger partial charge is 0.257 e. The molecule has 1 rings (SSSR count). The van der Waals surface area contributed by atoms with E-state index in [1.807, 2.05) is 0 Å². The molecule has 0 aliphatic heterocycles. The predicted molar refractivity (Wildman–Crippen MR) is 78.0 cm³/mol. The third-order valence-corrected chi connectivity index (χ3v) is 2.77. The van der Waals surface area contributed by atoms with E-state index < -0.39 is 0 Å². The molecule has 0 saturated carbocycles. The van der Waals surface area contributed by atoms with Crippen molar-refractivity contribution in [2.45, 2.75) is 13.3 Å². The van der Waals surface area contributed by atoms with Gasteiger partial charge in [0.2, 0.25) is 0 Å². The number of methoxy groups -OCH3 is 2. The lowest BCUT2D eigenvalue weighted by Crippen LogP contribution is -2.30. The molecule has 21 heavy (non-hydrogen) atoms. The Morgan fingerprint density at radius 2 is 2.00 bits per heavy atom. The molecule has 0 atom stereocenters. The van der Waals surface area contributed by atoms with Crippen molar-refractivity contribution in [1.82, 2.24) is 5.32 Å².